The number of nitrogens with zero attached hydrogens (tertiary/aromatic N) is 5. The second kappa shape index (κ2) is 10.3. The number of aliphatic hydroxyl groups is 1. The van der Waals surface area contributed by atoms with Crippen LogP contribution in [-0.2, 0) is 9.53 Å². The van der Waals surface area contributed by atoms with Gasteiger partial charge in [-0.25, -0.2) is 9.97 Å². The number of piperazine rings is 1. The normalized spacial score (nSPS) is 18.9. The van der Waals surface area contributed by atoms with E-state index in [0.717, 1.165) is 54.2 Å². The highest BCUT2D eigenvalue weighted by molar-refractivity contribution is 5.88. The van der Waals surface area contributed by atoms with Gasteiger partial charge in [-0.05, 0) is 32.0 Å². The minimum Gasteiger partial charge on any atom is -0.381 e. The molecule has 2 aromatic heterocycles. The van der Waals surface area contributed by atoms with Crippen LogP contribution in [0.2, 0.25) is 0 Å². The first-order chi connectivity index (χ1) is 17.4. The number of hydrogen-bond acceptors (Lipinski definition) is 9. The zero-order valence-electron chi connectivity index (χ0n) is 20.8. The number of morpholine rings is 1. The topological polar surface area (TPSA) is 116 Å². The van der Waals surface area contributed by atoms with Crippen molar-refractivity contribution in [2.75, 3.05) is 62.6 Å². The van der Waals surface area contributed by atoms with Gasteiger partial charge in [0.25, 0.3) is 5.91 Å². The smallest absolute Gasteiger partial charge is 0.254 e. The monoisotopic (exact) mass is 491 g/mol. The molecule has 10 heteroatoms. The average Bonchev–Trinajstić information content (AvgIpc) is 2.91. The van der Waals surface area contributed by atoms with Crippen molar-refractivity contribution in [1.82, 2.24) is 25.2 Å². The third kappa shape index (κ3) is 5.40. The largest absolute Gasteiger partial charge is 0.381 e. The van der Waals surface area contributed by atoms with Gasteiger partial charge in [0, 0.05) is 69.5 Å². The summed E-state index contributed by atoms with van der Waals surface area (Å²) in [6.07, 6.45) is 3.45. The molecule has 190 valence electrons. The van der Waals surface area contributed by atoms with E-state index < -0.39 is 5.60 Å². The fourth-order valence-corrected chi connectivity index (χ4v) is 4.60. The van der Waals surface area contributed by atoms with Crippen LogP contribution < -0.4 is 15.5 Å². The van der Waals surface area contributed by atoms with Crippen LogP contribution in [0.5, 0.6) is 0 Å². The Labute approximate surface area is 210 Å². The summed E-state index contributed by atoms with van der Waals surface area (Å²) in [5.74, 6) is 0.472. The Bertz CT molecular complexity index is 1200. The van der Waals surface area contributed by atoms with Crippen molar-refractivity contribution in [3.05, 3.63) is 42.7 Å². The van der Waals surface area contributed by atoms with Crippen LogP contribution in [0, 0.1) is 0 Å². The third-order valence-electron chi connectivity index (χ3n) is 6.58. The Hall–Kier alpha value is -3.34. The number of rotatable bonds is 6. The quantitative estimate of drug-likeness (QED) is 0.472. The highest BCUT2D eigenvalue weighted by Crippen LogP contribution is 2.28. The van der Waals surface area contributed by atoms with E-state index in [1.54, 1.807) is 17.3 Å². The van der Waals surface area contributed by atoms with Gasteiger partial charge in [0.05, 0.1) is 23.9 Å². The number of nitrogens with one attached hydrogen (secondary N) is 2. The fraction of sp³-hybridized carbons (Fsp3) is 0.462. The molecule has 36 heavy (non-hydrogen) atoms. The number of anilines is 2. The van der Waals surface area contributed by atoms with E-state index >= 15 is 0 Å². The summed E-state index contributed by atoms with van der Waals surface area (Å²) in [6.45, 7) is 8.71. The molecule has 1 aromatic carbocycles. The molecule has 3 aromatic rings. The van der Waals surface area contributed by atoms with Gasteiger partial charge < -0.3 is 30.3 Å². The van der Waals surface area contributed by atoms with Crippen molar-refractivity contribution in [3.8, 4) is 11.3 Å². The van der Waals surface area contributed by atoms with Crippen LogP contribution in [0.25, 0.3) is 22.3 Å². The van der Waals surface area contributed by atoms with Gasteiger partial charge in [-0.2, -0.15) is 0 Å². The van der Waals surface area contributed by atoms with Crippen molar-refractivity contribution in [2.24, 2.45) is 0 Å². The highest BCUT2D eigenvalue weighted by Gasteiger charge is 2.31. The standard InChI is InChI=1S/C26H33N7O3/c1-26(2,35)25(34)33-12-10-32(11-13-33)19-5-3-18(4-6-19)21-15-22-23(29-8-7-28-22)24(31-21)30-17-20-16-27-9-14-36-20/h3-8,15,20,27,35H,9-14,16-17H2,1-2H3,(H,30,31). The number of aromatic nitrogens is 3. The van der Waals surface area contributed by atoms with E-state index in [1.165, 1.54) is 13.8 Å². The fourth-order valence-electron chi connectivity index (χ4n) is 4.60. The van der Waals surface area contributed by atoms with Crippen molar-refractivity contribution in [1.29, 1.82) is 0 Å². The summed E-state index contributed by atoms with van der Waals surface area (Å²) >= 11 is 0. The Kier molecular flexibility index (Phi) is 6.99. The first-order valence-electron chi connectivity index (χ1n) is 12.4. The second-order valence-corrected chi connectivity index (χ2v) is 9.74. The van der Waals surface area contributed by atoms with Crippen LogP contribution in [0.4, 0.5) is 11.5 Å². The summed E-state index contributed by atoms with van der Waals surface area (Å²) in [4.78, 5) is 30.2. The molecule has 3 N–H and O–H groups in total. The van der Waals surface area contributed by atoms with Gasteiger partial charge in [-0.1, -0.05) is 12.1 Å². The number of benzene rings is 1. The molecule has 1 amide bonds. The van der Waals surface area contributed by atoms with Crippen LogP contribution >= 0.6 is 0 Å². The molecule has 2 fully saturated rings. The minimum atomic E-state index is -1.34. The molecule has 1 unspecified atom stereocenters. The lowest BCUT2D eigenvalue weighted by Gasteiger charge is -2.38. The second-order valence-electron chi connectivity index (χ2n) is 9.74. The first-order valence-corrected chi connectivity index (χ1v) is 12.4. The summed E-state index contributed by atoms with van der Waals surface area (Å²) < 4.78 is 5.81. The molecule has 2 aliphatic heterocycles. The predicted molar refractivity (Wildman–Crippen MR) is 139 cm³/mol. The third-order valence-corrected chi connectivity index (χ3v) is 6.58. The van der Waals surface area contributed by atoms with E-state index in [9.17, 15) is 9.90 Å². The Morgan fingerprint density at radius 2 is 1.92 bits per heavy atom. The van der Waals surface area contributed by atoms with E-state index in [1.807, 2.05) is 6.07 Å². The summed E-state index contributed by atoms with van der Waals surface area (Å²) in [7, 11) is 0. The number of carbonyl (C=O) groups excluding carboxylic acids is 1. The van der Waals surface area contributed by atoms with Gasteiger partial charge in [-0.3, -0.25) is 9.78 Å². The zero-order valence-corrected chi connectivity index (χ0v) is 20.8. The van der Waals surface area contributed by atoms with Crippen molar-refractivity contribution in [3.63, 3.8) is 0 Å². The lowest BCUT2D eigenvalue weighted by molar-refractivity contribution is -0.148. The van der Waals surface area contributed by atoms with E-state index in [0.29, 0.717) is 32.1 Å². The number of amides is 1. The lowest BCUT2D eigenvalue weighted by Crippen LogP contribution is -2.54. The minimum absolute atomic E-state index is 0.0782. The summed E-state index contributed by atoms with van der Waals surface area (Å²) in [5, 5.41) is 16.8. The van der Waals surface area contributed by atoms with E-state index in [2.05, 4.69) is 49.8 Å². The number of fused-ring (bicyclic) bond motifs is 1. The van der Waals surface area contributed by atoms with Crippen molar-refractivity contribution in [2.45, 2.75) is 25.6 Å². The molecule has 5 rings (SSSR count). The molecule has 0 radical (unpaired) electrons. The van der Waals surface area contributed by atoms with Crippen LogP contribution in [0.15, 0.2) is 42.7 Å². The maximum absolute atomic E-state index is 12.3. The van der Waals surface area contributed by atoms with Crippen molar-refractivity contribution >= 4 is 28.4 Å². The molecular weight excluding hydrogens is 458 g/mol. The molecule has 1 atom stereocenters. The Balaban J connectivity index is 1.30. The molecular formula is C26H33N7O3. The van der Waals surface area contributed by atoms with Gasteiger partial charge in [0.15, 0.2) is 5.82 Å². The van der Waals surface area contributed by atoms with Gasteiger partial charge >= 0.3 is 0 Å². The van der Waals surface area contributed by atoms with Crippen molar-refractivity contribution < 1.29 is 14.6 Å². The predicted octanol–water partition coefficient (Wildman–Crippen LogP) is 1.51. The number of ether oxygens (including phenoxy) is 1. The molecule has 0 saturated carbocycles. The number of carbonyl (C=O) groups is 1. The molecule has 10 nitrogen and oxygen atoms in total. The number of hydrogen-bond donors (Lipinski definition) is 3. The lowest BCUT2D eigenvalue weighted by atomic mass is 10.1. The number of pyridine rings is 1. The van der Waals surface area contributed by atoms with Crippen LogP contribution in [0.1, 0.15) is 13.8 Å². The molecule has 0 bridgehead atoms. The van der Waals surface area contributed by atoms with Crippen LogP contribution in [-0.4, -0.2) is 95.0 Å². The zero-order chi connectivity index (χ0) is 25.1. The molecule has 2 aliphatic rings. The molecule has 0 aliphatic carbocycles. The summed E-state index contributed by atoms with van der Waals surface area (Å²) in [6, 6.07) is 10.3. The van der Waals surface area contributed by atoms with Gasteiger partial charge in [0.1, 0.15) is 11.1 Å². The highest BCUT2D eigenvalue weighted by atomic mass is 16.5. The Morgan fingerprint density at radius 3 is 2.61 bits per heavy atom. The van der Waals surface area contributed by atoms with Crippen LogP contribution in [0.3, 0.4) is 0 Å². The molecule has 0 spiro atoms. The van der Waals surface area contributed by atoms with E-state index in [-0.39, 0.29) is 12.0 Å². The average molecular weight is 492 g/mol. The van der Waals surface area contributed by atoms with E-state index in [4.69, 9.17) is 9.72 Å². The maximum atomic E-state index is 12.3. The summed E-state index contributed by atoms with van der Waals surface area (Å²) in [5.41, 5.74) is 3.08. The van der Waals surface area contributed by atoms with Gasteiger partial charge in [0.2, 0.25) is 0 Å². The molecule has 2 saturated heterocycles. The first kappa shape index (κ1) is 24.4. The molecule has 4 heterocycles. The Morgan fingerprint density at radius 1 is 1.17 bits per heavy atom. The SMILES string of the molecule is CC(C)(O)C(=O)N1CCN(c2ccc(-c3cc4nccnc4c(NCC4CNCCO4)n3)cc2)CC1. The maximum Gasteiger partial charge on any atom is 0.254 e. The van der Waals surface area contributed by atoms with Gasteiger partial charge in [-0.15, -0.1) is 0 Å².